The second-order valence-corrected chi connectivity index (χ2v) is 6.32. The number of phenols is 1. The lowest BCUT2D eigenvalue weighted by Gasteiger charge is -2.25. The van der Waals surface area contributed by atoms with Gasteiger partial charge in [-0.2, -0.15) is 5.01 Å². The maximum Gasteiger partial charge on any atom is 0.344 e. The number of para-hydroxylation sites is 1. The van der Waals surface area contributed by atoms with Gasteiger partial charge in [0.25, 0.3) is 11.8 Å². The van der Waals surface area contributed by atoms with Gasteiger partial charge in [0.15, 0.2) is 6.61 Å². The number of urea groups is 1. The number of carbonyl (C=O) groups is 4. The van der Waals surface area contributed by atoms with Crippen molar-refractivity contribution in [2.45, 2.75) is 18.9 Å². The molecule has 1 atom stereocenters. The van der Waals surface area contributed by atoms with E-state index in [9.17, 15) is 24.3 Å². The van der Waals surface area contributed by atoms with Crippen molar-refractivity contribution in [1.29, 1.82) is 0 Å². The highest BCUT2D eigenvalue weighted by Gasteiger charge is 2.52. The van der Waals surface area contributed by atoms with Crippen LogP contribution in [0.15, 0.2) is 54.6 Å². The van der Waals surface area contributed by atoms with E-state index >= 15 is 0 Å². The van der Waals surface area contributed by atoms with Gasteiger partial charge in [0.1, 0.15) is 16.9 Å². The predicted octanol–water partition coefficient (Wildman–Crippen LogP) is 1.44. The molecule has 0 bridgehead atoms. The van der Waals surface area contributed by atoms with E-state index in [0.29, 0.717) is 10.6 Å². The SMILES string of the molecule is CC[C@@]1(c2ccccc2)NC(=O)N(NC(=O)COC(=O)c2ccccc2O)C1=O. The third-order valence-corrected chi connectivity index (χ3v) is 4.58. The zero-order valence-electron chi connectivity index (χ0n) is 15.5. The van der Waals surface area contributed by atoms with E-state index in [1.807, 2.05) is 0 Å². The Morgan fingerprint density at radius 1 is 1.10 bits per heavy atom. The van der Waals surface area contributed by atoms with Crippen molar-refractivity contribution < 1.29 is 29.0 Å². The first-order valence-corrected chi connectivity index (χ1v) is 8.86. The summed E-state index contributed by atoms with van der Waals surface area (Å²) in [5.74, 6) is -2.72. The molecule has 1 saturated heterocycles. The van der Waals surface area contributed by atoms with Crippen LogP contribution in [0.4, 0.5) is 4.79 Å². The summed E-state index contributed by atoms with van der Waals surface area (Å²) in [7, 11) is 0. The first kappa shape index (κ1) is 19.9. The van der Waals surface area contributed by atoms with Crippen LogP contribution in [0.2, 0.25) is 0 Å². The van der Waals surface area contributed by atoms with Crippen molar-refractivity contribution in [3.8, 4) is 5.75 Å². The van der Waals surface area contributed by atoms with E-state index in [1.54, 1.807) is 37.3 Å². The quantitative estimate of drug-likeness (QED) is 0.500. The van der Waals surface area contributed by atoms with Gasteiger partial charge in [0.2, 0.25) is 0 Å². The highest BCUT2D eigenvalue weighted by atomic mass is 16.5. The van der Waals surface area contributed by atoms with Crippen molar-refractivity contribution in [2.75, 3.05) is 6.61 Å². The number of hydrazine groups is 1. The Morgan fingerprint density at radius 3 is 2.41 bits per heavy atom. The molecule has 1 aliphatic heterocycles. The zero-order chi connectivity index (χ0) is 21.0. The molecule has 29 heavy (non-hydrogen) atoms. The summed E-state index contributed by atoms with van der Waals surface area (Å²) in [6, 6.07) is 13.6. The van der Waals surface area contributed by atoms with Crippen LogP contribution < -0.4 is 10.7 Å². The highest BCUT2D eigenvalue weighted by Crippen LogP contribution is 2.31. The van der Waals surface area contributed by atoms with E-state index < -0.39 is 36.0 Å². The van der Waals surface area contributed by atoms with Crippen LogP contribution in [0.5, 0.6) is 5.75 Å². The average molecular weight is 397 g/mol. The number of rotatable bonds is 6. The summed E-state index contributed by atoms with van der Waals surface area (Å²) in [6.45, 7) is 0.999. The van der Waals surface area contributed by atoms with Crippen molar-refractivity contribution >= 4 is 23.8 Å². The Morgan fingerprint density at radius 2 is 1.76 bits per heavy atom. The number of nitrogens with zero attached hydrogens (tertiary/aromatic N) is 1. The number of imide groups is 1. The molecule has 4 amide bonds. The molecule has 1 aliphatic rings. The van der Waals surface area contributed by atoms with Crippen molar-refractivity contribution in [3.05, 3.63) is 65.7 Å². The van der Waals surface area contributed by atoms with E-state index in [4.69, 9.17) is 4.74 Å². The second kappa shape index (κ2) is 8.01. The van der Waals surface area contributed by atoms with E-state index in [-0.39, 0.29) is 17.7 Å². The molecule has 0 radical (unpaired) electrons. The van der Waals surface area contributed by atoms with Crippen LogP contribution in [0.25, 0.3) is 0 Å². The van der Waals surface area contributed by atoms with Crippen molar-refractivity contribution in [1.82, 2.24) is 15.8 Å². The standard InChI is InChI=1S/C20H19N3O6/c1-2-20(13-8-4-3-5-9-13)18(27)23(19(28)21-20)22-16(25)12-29-17(26)14-10-6-7-11-15(14)24/h3-11,24H,2,12H2,1H3,(H,21,28)(H,22,25)/t20-/m0/s1. The predicted molar refractivity (Wildman–Crippen MR) is 100 cm³/mol. The summed E-state index contributed by atoms with van der Waals surface area (Å²) in [5.41, 5.74) is 1.34. The fraction of sp³-hybridized carbons (Fsp3) is 0.200. The topological polar surface area (TPSA) is 125 Å². The molecule has 0 aliphatic carbocycles. The zero-order valence-corrected chi connectivity index (χ0v) is 15.5. The lowest BCUT2D eigenvalue weighted by molar-refractivity contribution is -0.140. The Labute approximate surface area is 166 Å². The minimum absolute atomic E-state index is 0.107. The van der Waals surface area contributed by atoms with Gasteiger partial charge in [-0.25, -0.2) is 9.59 Å². The smallest absolute Gasteiger partial charge is 0.344 e. The van der Waals surface area contributed by atoms with Gasteiger partial charge in [-0.1, -0.05) is 49.4 Å². The van der Waals surface area contributed by atoms with Crippen LogP contribution in [-0.2, 0) is 19.9 Å². The molecule has 1 fully saturated rings. The van der Waals surface area contributed by atoms with Gasteiger partial charge < -0.3 is 15.2 Å². The van der Waals surface area contributed by atoms with E-state index in [2.05, 4.69) is 10.7 Å². The lowest BCUT2D eigenvalue weighted by Crippen LogP contribution is -2.49. The Balaban J connectivity index is 1.66. The van der Waals surface area contributed by atoms with Crippen LogP contribution in [0.3, 0.4) is 0 Å². The number of nitrogens with one attached hydrogen (secondary N) is 2. The Bertz CT molecular complexity index is 962. The Kier molecular flexibility index (Phi) is 5.49. The summed E-state index contributed by atoms with van der Waals surface area (Å²) in [4.78, 5) is 49.3. The van der Waals surface area contributed by atoms with Crippen molar-refractivity contribution in [3.63, 3.8) is 0 Å². The minimum atomic E-state index is -1.29. The van der Waals surface area contributed by atoms with Gasteiger partial charge >= 0.3 is 12.0 Å². The molecule has 2 aromatic carbocycles. The highest BCUT2D eigenvalue weighted by molar-refractivity contribution is 6.08. The molecule has 0 spiro atoms. The molecule has 0 saturated carbocycles. The molecule has 1 heterocycles. The molecule has 150 valence electrons. The number of ether oxygens (including phenoxy) is 1. The first-order chi connectivity index (χ1) is 13.9. The van der Waals surface area contributed by atoms with Gasteiger partial charge in [-0.3, -0.25) is 15.0 Å². The monoisotopic (exact) mass is 397 g/mol. The van der Waals surface area contributed by atoms with Crippen LogP contribution in [0.1, 0.15) is 29.3 Å². The van der Waals surface area contributed by atoms with E-state index in [1.165, 1.54) is 24.3 Å². The minimum Gasteiger partial charge on any atom is -0.507 e. The number of amides is 4. The summed E-state index contributed by atoms with van der Waals surface area (Å²) in [5, 5.41) is 12.8. The van der Waals surface area contributed by atoms with Crippen LogP contribution in [0, 0.1) is 0 Å². The molecule has 3 rings (SSSR count). The maximum absolute atomic E-state index is 12.9. The largest absolute Gasteiger partial charge is 0.507 e. The van der Waals surface area contributed by atoms with Gasteiger partial charge in [0, 0.05) is 0 Å². The van der Waals surface area contributed by atoms with Crippen LogP contribution in [-0.4, -0.2) is 40.5 Å². The average Bonchev–Trinajstić information content (AvgIpc) is 2.98. The van der Waals surface area contributed by atoms with Gasteiger partial charge in [-0.05, 0) is 24.1 Å². The molecule has 9 nitrogen and oxygen atoms in total. The maximum atomic E-state index is 12.9. The Hall–Kier alpha value is -3.88. The molecule has 3 N–H and O–H groups in total. The number of esters is 1. The van der Waals surface area contributed by atoms with Crippen molar-refractivity contribution in [2.24, 2.45) is 0 Å². The number of phenolic OH excluding ortho intramolecular Hbond substituents is 1. The number of hydrogen-bond donors (Lipinski definition) is 3. The fourth-order valence-electron chi connectivity index (χ4n) is 3.05. The third-order valence-electron chi connectivity index (χ3n) is 4.58. The van der Waals surface area contributed by atoms with Gasteiger partial charge in [0.05, 0.1) is 0 Å². The molecule has 0 aromatic heterocycles. The number of carbonyl (C=O) groups excluding carboxylic acids is 4. The first-order valence-electron chi connectivity index (χ1n) is 8.86. The molecule has 9 heteroatoms. The van der Waals surface area contributed by atoms with E-state index in [0.717, 1.165) is 0 Å². The second-order valence-electron chi connectivity index (χ2n) is 6.32. The molecular formula is C20H19N3O6. The summed E-state index contributed by atoms with van der Waals surface area (Å²) in [6.07, 6.45) is 0.274. The summed E-state index contributed by atoms with van der Waals surface area (Å²) >= 11 is 0. The normalized spacial score (nSPS) is 18.3. The molecular weight excluding hydrogens is 378 g/mol. The summed E-state index contributed by atoms with van der Waals surface area (Å²) < 4.78 is 4.83. The van der Waals surface area contributed by atoms with Gasteiger partial charge in [-0.15, -0.1) is 0 Å². The number of aromatic hydroxyl groups is 1. The molecule has 2 aromatic rings. The number of benzene rings is 2. The number of hydrogen-bond acceptors (Lipinski definition) is 6. The third kappa shape index (κ3) is 3.75. The lowest BCUT2D eigenvalue weighted by atomic mass is 9.87. The van der Waals surface area contributed by atoms with Crippen LogP contribution >= 0.6 is 0 Å². The fourth-order valence-corrected chi connectivity index (χ4v) is 3.05. The molecule has 0 unspecified atom stereocenters.